The van der Waals surface area contributed by atoms with E-state index < -0.39 is 28.7 Å². The molecule has 2 spiro atoms. The van der Waals surface area contributed by atoms with Crippen molar-refractivity contribution in [2.24, 2.45) is 16.2 Å². The number of rotatable bonds is 5. The molecule has 2 aromatic rings. The molecule has 4 saturated carbocycles. The Labute approximate surface area is 256 Å². The zero-order valence-electron chi connectivity index (χ0n) is 24.3. The van der Waals surface area contributed by atoms with Crippen LogP contribution in [0.25, 0.3) is 0 Å². The number of halogens is 3. The fourth-order valence-corrected chi connectivity index (χ4v) is 10.4. The van der Waals surface area contributed by atoms with Crippen LogP contribution < -0.4 is 10.6 Å². The number of anilines is 1. The summed E-state index contributed by atoms with van der Waals surface area (Å²) in [6, 6.07) is 9.48. The summed E-state index contributed by atoms with van der Waals surface area (Å²) in [5.41, 5.74) is -0.800. The molecule has 0 unspecified atom stereocenters. The summed E-state index contributed by atoms with van der Waals surface area (Å²) in [6.07, 6.45) is 6.64. The number of hydrogen-bond acceptors (Lipinski definition) is 4. The minimum absolute atomic E-state index is 0.00719. The molecule has 5 fully saturated rings. The number of Topliss-reactive ketones (excluding diaryl/α,β-unsaturated/α-hetero) is 2. The first-order valence-electron chi connectivity index (χ1n) is 15.1. The quantitative estimate of drug-likeness (QED) is 0.367. The molecule has 2 N–H and O–H groups in total. The van der Waals surface area contributed by atoms with Crippen LogP contribution in [0.15, 0.2) is 36.4 Å². The molecule has 2 aliphatic heterocycles. The molecule has 0 radical (unpaired) electrons. The number of ketones is 2. The highest BCUT2D eigenvalue weighted by atomic mass is 35.5. The first-order valence-corrected chi connectivity index (χ1v) is 15.9. The first-order chi connectivity index (χ1) is 19.8. The second-order valence-corrected chi connectivity index (χ2v) is 15.6. The van der Waals surface area contributed by atoms with Crippen LogP contribution in [0.3, 0.4) is 0 Å². The Balaban J connectivity index is 1.36. The molecule has 8 rings (SSSR count). The average molecular weight is 612 g/mol. The van der Waals surface area contributed by atoms with E-state index in [0.29, 0.717) is 30.0 Å². The van der Waals surface area contributed by atoms with E-state index in [1.807, 2.05) is 6.07 Å². The number of nitrogens with one attached hydrogen (secondary N) is 2. The summed E-state index contributed by atoms with van der Waals surface area (Å²) < 4.78 is 16.1. The van der Waals surface area contributed by atoms with Crippen molar-refractivity contribution in [2.45, 2.75) is 101 Å². The van der Waals surface area contributed by atoms with Gasteiger partial charge in [-0.2, -0.15) is 0 Å². The predicted octanol–water partition coefficient (Wildman–Crippen LogP) is 7.53. The Bertz CT molecular complexity index is 1520. The van der Waals surface area contributed by atoms with Crippen molar-refractivity contribution in [1.82, 2.24) is 5.32 Å². The lowest BCUT2D eigenvalue weighted by molar-refractivity contribution is -0.138. The second kappa shape index (κ2) is 9.12. The van der Waals surface area contributed by atoms with E-state index in [0.717, 1.165) is 44.1 Å². The highest BCUT2D eigenvalue weighted by Gasteiger charge is 2.76. The van der Waals surface area contributed by atoms with Gasteiger partial charge in [0.25, 0.3) is 0 Å². The molecule has 6 aliphatic rings. The molecule has 2 aromatic carbocycles. The largest absolute Gasteiger partial charge is 0.325 e. The Morgan fingerprint density at radius 1 is 1.00 bits per heavy atom. The monoisotopic (exact) mass is 610 g/mol. The SMILES string of the molecule is CC(=O)C12CCC(CC(=O)[C@@H]3NC4(CC(C)(C)C4)[C@@]4(C(=O)Nc5cc(Cl)ccc54)[C@H]3c3cccc(Cl)c3F)(CC1)CC2. The normalized spacial score (nSPS) is 35.2. The van der Waals surface area contributed by atoms with Gasteiger partial charge >= 0.3 is 0 Å². The highest BCUT2D eigenvalue weighted by molar-refractivity contribution is 6.31. The van der Waals surface area contributed by atoms with Gasteiger partial charge in [-0.1, -0.05) is 55.2 Å². The van der Waals surface area contributed by atoms with Gasteiger partial charge in [0.1, 0.15) is 17.0 Å². The Kier molecular flexibility index (Phi) is 6.19. The molecular weight excluding hydrogens is 574 g/mol. The van der Waals surface area contributed by atoms with Gasteiger partial charge in [-0.3, -0.25) is 19.7 Å². The van der Waals surface area contributed by atoms with Crippen molar-refractivity contribution in [3.63, 3.8) is 0 Å². The zero-order chi connectivity index (χ0) is 29.9. The van der Waals surface area contributed by atoms with Crippen LogP contribution in [0, 0.1) is 22.1 Å². The lowest BCUT2D eigenvalue weighted by Gasteiger charge is -2.58. The van der Waals surface area contributed by atoms with Gasteiger partial charge in [-0.25, -0.2) is 4.39 Å². The fourth-order valence-electron chi connectivity index (χ4n) is 10.1. The molecule has 2 bridgehead atoms. The summed E-state index contributed by atoms with van der Waals surface area (Å²) in [7, 11) is 0. The number of benzene rings is 2. The maximum Gasteiger partial charge on any atom is 0.237 e. The van der Waals surface area contributed by atoms with Crippen molar-refractivity contribution in [3.8, 4) is 0 Å². The first kappa shape index (κ1) is 28.5. The molecule has 3 atom stereocenters. The lowest BCUT2D eigenvalue weighted by atomic mass is 9.46. The van der Waals surface area contributed by atoms with Crippen molar-refractivity contribution < 1.29 is 18.8 Å². The molecule has 5 nitrogen and oxygen atoms in total. The van der Waals surface area contributed by atoms with Crippen LogP contribution in [0.2, 0.25) is 10.0 Å². The van der Waals surface area contributed by atoms with Gasteiger partial charge in [0.15, 0.2) is 5.78 Å². The fraction of sp³-hybridized carbons (Fsp3) is 0.559. The Morgan fingerprint density at radius 2 is 1.67 bits per heavy atom. The molecule has 1 saturated heterocycles. The predicted molar refractivity (Wildman–Crippen MR) is 161 cm³/mol. The van der Waals surface area contributed by atoms with E-state index in [1.54, 1.807) is 31.2 Å². The third-order valence-corrected chi connectivity index (χ3v) is 12.4. The second-order valence-electron chi connectivity index (χ2n) is 14.8. The van der Waals surface area contributed by atoms with Crippen LogP contribution in [0.5, 0.6) is 0 Å². The molecule has 2 heterocycles. The molecule has 42 heavy (non-hydrogen) atoms. The highest BCUT2D eigenvalue weighted by Crippen LogP contribution is 2.69. The van der Waals surface area contributed by atoms with Crippen LogP contribution in [-0.4, -0.2) is 29.1 Å². The van der Waals surface area contributed by atoms with Gasteiger partial charge < -0.3 is 5.32 Å². The number of carbonyl (C=O) groups excluding carboxylic acids is 3. The van der Waals surface area contributed by atoms with Crippen molar-refractivity contribution in [1.29, 1.82) is 0 Å². The maximum atomic E-state index is 16.1. The van der Waals surface area contributed by atoms with Gasteiger partial charge in [-0.05, 0) is 98.4 Å². The van der Waals surface area contributed by atoms with E-state index >= 15 is 4.39 Å². The molecule has 0 aromatic heterocycles. The third-order valence-electron chi connectivity index (χ3n) is 11.9. The zero-order valence-corrected chi connectivity index (χ0v) is 25.9. The summed E-state index contributed by atoms with van der Waals surface area (Å²) in [5.74, 6) is -1.36. The topological polar surface area (TPSA) is 75.3 Å². The van der Waals surface area contributed by atoms with Crippen LogP contribution in [0.1, 0.15) is 95.6 Å². The number of carbonyl (C=O) groups is 3. The van der Waals surface area contributed by atoms with Crippen LogP contribution in [0.4, 0.5) is 10.1 Å². The number of hydrogen-bond donors (Lipinski definition) is 2. The van der Waals surface area contributed by atoms with Gasteiger partial charge in [0.2, 0.25) is 5.91 Å². The van der Waals surface area contributed by atoms with Gasteiger partial charge in [0, 0.05) is 34.0 Å². The number of amides is 1. The summed E-state index contributed by atoms with van der Waals surface area (Å²) in [5, 5.41) is 7.27. The van der Waals surface area contributed by atoms with Crippen molar-refractivity contribution >= 4 is 46.4 Å². The van der Waals surface area contributed by atoms with E-state index in [4.69, 9.17) is 23.2 Å². The smallest absolute Gasteiger partial charge is 0.237 e. The van der Waals surface area contributed by atoms with Crippen LogP contribution >= 0.6 is 23.2 Å². The maximum absolute atomic E-state index is 16.1. The molecule has 222 valence electrons. The minimum Gasteiger partial charge on any atom is -0.325 e. The third kappa shape index (κ3) is 3.73. The van der Waals surface area contributed by atoms with E-state index in [1.165, 1.54) is 6.07 Å². The molecule has 4 aliphatic carbocycles. The summed E-state index contributed by atoms with van der Waals surface area (Å²) in [6.45, 7) is 6.03. The van der Waals surface area contributed by atoms with E-state index in [-0.39, 0.29) is 44.3 Å². The van der Waals surface area contributed by atoms with Crippen molar-refractivity contribution in [3.05, 3.63) is 63.4 Å². The summed E-state index contributed by atoms with van der Waals surface area (Å²) in [4.78, 5) is 41.6. The Morgan fingerprint density at radius 3 is 2.29 bits per heavy atom. The standard InChI is InChI=1S/C34H37Cl2FN2O3/c1-19(40)32-12-9-31(10-13-32,11-14-32)16-25(41)28-26(21-5-4-6-23(36)27(21)37)34(33(39-28)17-30(2,3)18-33)22-8-7-20(35)15-24(22)38-29(34)42/h4-8,15,26,28,39H,9-14,16-18H2,1-3H3,(H,38,42)/t26-,28-,31?,32?,34+/m0/s1. The van der Waals surface area contributed by atoms with E-state index in [2.05, 4.69) is 24.5 Å². The summed E-state index contributed by atoms with van der Waals surface area (Å²) >= 11 is 12.7. The lowest BCUT2D eigenvalue weighted by Crippen LogP contribution is -2.68. The molecule has 1 amide bonds. The molecule has 8 heteroatoms. The number of fused-ring (bicyclic) bond motifs is 6. The van der Waals surface area contributed by atoms with Gasteiger partial charge in [0.05, 0.1) is 11.1 Å². The average Bonchev–Trinajstić information content (AvgIpc) is 3.38. The van der Waals surface area contributed by atoms with Crippen LogP contribution in [-0.2, 0) is 19.8 Å². The van der Waals surface area contributed by atoms with Gasteiger partial charge in [-0.15, -0.1) is 0 Å². The van der Waals surface area contributed by atoms with E-state index in [9.17, 15) is 14.4 Å². The van der Waals surface area contributed by atoms with Crippen molar-refractivity contribution in [2.75, 3.05) is 5.32 Å². The molecular formula is C34H37Cl2FN2O3. The Hall–Kier alpha value is -2.28. The minimum atomic E-state index is -1.23.